The fraction of sp³-hybridized carbons (Fsp3) is 0.294. The van der Waals surface area contributed by atoms with E-state index in [1.165, 1.54) is 0 Å². The van der Waals surface area contributed by atoms with Gasteiger partial charge in [-0.15, -0.1) is 0 Å². The summed E-state index contributed by atoms with van der Waals surface area (Å²) in [4.78, 5) is 25.5. The maximum atomic E-state index is 12.7. The molecule has 112 valence electrons. The zero-order valence-corrected chi connectivity index (χ0v) is 12.9. The van der Waals surface area contributed by atoms with Gasteiger partial charge in [0.05, 0.1) is 22.9 Å². The highest BCUT2D eigenvalue weighted by Gasteiger charge is 2.13. The lowest BCUT2D eigenvalue weighted by Crippen LogP contribution is -2.25. The van der Waals surface area contributed by atoms with Crippen LogP contribution in [0.25, 0.3) is 10.9 Å². The first kappa shape index (κ1) is 14.4. The van der Waals surface area contributed by atoms with Crippen molar-refractivity contribution in [2.75, 3.05) is 0 Å². The predicted molar refractivity (Wildman–Crippen MR) is 85.9 cm³/mol. The average Bonchev–Trinajstić information content (AvgIpc) is 2.52. The minimum atomic E-state index is -0.0253. The lowest BCUT2D eigenvalue weighted by Gasteiger charge is -2.15. The van der Waals surface area contributed by atoms with Gasteiger partial charge in [-0.1, -0.05) is 6.07 Å². The molecule has 0 amide bonds. The Morgan fingerprint density at radius 3 is 2.73 bits per heavy atom. The smallest absolute Gasteiger partial charge is 0.261 e. The number of aromatic nitrogens is 4. The summed E-state index contributed by atoms with van der Waals surface area (Å²) in [5, 5.41) is 0.664. The predicted octanol–water partition coefficient (Wildman–Crippen LogP) is 2.61. The first-order valence-electron chi connectivity index (χ1n) is 7.30. The zero-order valence-electron chi connectivity index (χ0n) is 12.9. The van der Waals surface area contributed by atoms with Crippen LogP contribution in [0.5, 0.6) is 0 Å². The molecule has 0 N–H and O–H groups in total. The van der Waals surface area contributed by atoms with Gasteiger partial charge in [0, 0.05) is 31.1 Å². The molecule has 3 aromatic rings. The van der Waals surface area contributed by atoms with Crippen LogP contribution in [0.3, 0.4) is 0 Å². The standard InChI is InChI=1S/C17H18N4O/c1-11-4-5-15-16(13(11)3)20-10-21(17(15)22)12(2)8-14-9-18-6-7-19-14/h4-7,9-10,12H,8H2,1-3H3/t12-/m0/s1. The van der Waals surface area contributed by atoms with Crippen molar-refractivity contribution in [3.63, 3.8) is 0 Å². The maximum absolute atomic E-state index is 12.7. The number of rotatable bonds is 3. The Labute approximate surface area is 128 Å². The molecule has 5 heteroatoms. The summed E-state index contributed by atoms with van der Waals surface area (Å²) in [5.74, 6) is 0. The first-order valence-corrected chi connectivity index (χ1v) is 7.30. The number of nitrogens with zero attached hydrogens (tertiary/aromatic N) is 4. The van der Waals surface area contributed by atoms with Gasteiger partial charge < -0.3 is 0 Å². The molecule has 22 heavy (non-hydrogen) atoms. The third-order valence-electron chi connectivity index (χ3n) is 4.07. The molecule has 1 aromatic carbocycles. The minimum absolute atomic E-state index is 0.00973. The van der Waals surface area contributed by atoms with Crippen molar-refractivity contribution < 1.29 is 0 Å². The van der Waals surface area contributed by atoms with Crippen molar-refractivity contribution in [1.82, 2.24) is 19.5 Å². The Morgan fingerprint density at radius 2 is 2.00 bits per heavy atom. The van der Waals surface area contributed by atoms with Crippen molar-refractivity contribution in [1.29, 1.82) is 0 Å². The highest BCUT2D eigenvalue weighted by Crippen LogP contribution is 2.17. The number of hydrogen-bond donors (Lipinski definition) is 0. The van der Waals surface area contributed by atoms with Gasteiger partial charge in [0.2, 0.25) is 0 Å². The van der Waals surface area contributed by atoms with Crippen LogP contribution in [-0.4, -0.2) is 19.5 Å². The fourth-order valence-corrected chi connectivity index (χ4v) is 2.60. The molecule has 0 spiro atoms. The van der Waals surface area contributed by atoms with Crippen molar-refractivity contribution in [3.8, 4) is 0 Å². The van der Waals surface area contributed by atoms with Crippen LogP contribution in [0.4, 0.5) is 0 Å². The van der Waals surface area contributed by atoms with Gasteiger partial charge >= 0.3 is 0 Å². The van der Waals surface area contributed by atoms with E-state index in [2.05, 4.69) is 15.0 Å². The van der Waals surface area contributed by atoms with E-state index < -0.39 is 0 Å². The Balaban J connectivity index is 2.03. The van der Waals surface area contributed by atoms with Gasteiger partial charge in [-0.05, 0) is 38.0 Å². The molecule has 5 nitrogen and oxygen atoms in total. The number of benzene rings is 1. The quantitative estimate of drug-likeness (QED) is 0.745. The van der Waals surface area contributed by atoms with Crippen LogP contribution in [-0.2, 0) is 6.42 Å². The molecule has 0 aliphatic rings. The van der Waals surface area contributed by atoms with Gasteiger partial charge in [0.25, 0.3) is 5.56 Å². The summed E-state index contributed by atoms with van der Waals surface area (Å²) in [6, 6.07) is 3.81. The highest BCUT2D eigenvalue weighted by atomic mass is 16.1. The average molecular weight is 294 g/mol. The third kappa shape index (κ3) is 2.50. The van der Waals surface area contributed by atoms with Crippen LogP contribution in [0.2, 0.25) is 0 Å². The Kier molecular flexibility index (Phi) is 3.71. The van der Waals surface area contributed by atoms with E-state index in [1.807, 2.05) is 32.9 Å². The van der Waals surface area contributed by atoms with E-state index in [4.69, 9.17) is 0 Å². The van der Waals surface area contributed by atoms with Crippen LogP contribution >= 0.6 is 0 Å². The summed E-state index contributed by atoms with van der Waals surface area (Å²) in [7, 11) is 0. The Morgan fingerprint density at radius 1 is 1.18 bits per heavy atom. The van der Waals surface area contributed by atoms with E-state index in [-0.39, 0.29) is 11.6 Å². The molecule has 0 fully saturated rings. The molecular weight excluding hydrogens is 276 g/mol. The minimum Gasteiger partial charge on any atom is -0.295 e. The largest absolute Gasteiger partial charge is 0.295 e. The molecule has 1 atom stereocenters. The SMILES string of the molecule is Cc1ccc2c(=O)n([C@@H](C)Cc3cnccn3)cnc2c1C. The van der Waals surface area contributed by atoms with E-state index in [1.54, 1.807) is 29.5 Å². The number of hydrogen-bond acceptors (Lipinski definition) is 4. The molecule has 0 bridgehead atoms. The van der Waals surface area contributed by atoms with Crippen LogP contribution < -0.4 is 5.56 Å². The summed E-state index contributed by atoms with van der Waals surface area (Å²) >= 11 is 0. The zero-order chi connectivity index (χ0) is 15.7. The van der Waals surface area contributed by atoms with Crippen molar-refractivity contribution in [3.05, 3.63) is 64.2 Å². The lowest BCUT2D eigenvalue weighted by molar-refractivity contribution is 0.517. The number of fused-ring (bicyclic) bond motifs is 1. The van der Waals surface area contributed by atoms with Crippen LogP contribution in [0.15, 0.2) is 41.8 Å². The lowest BCUT2D eigenvalue weighted by atomic mass is 10.1. The topological polar surface area (TPSA) is 60.7 Å². The highest BCUT2D eigenvalue weighted by molar-refractivity contribution is 5.81. The summed E-state index contributed by atoms with van der Waals surface area (Å²) < 4.78 is 1.67. The summed E-state index contributed by atoms with van der Waals surface area (Å²) in [6.07, 6.45) is 7.31. The van der Waals surface area contributed by atoms with Gasteiger partial charge in [-0.2, -0.15) is 0 Å². The van der Waals surface area contributed by atoms with Gasteiger partial charge in [-0.3, -0.25) is 19.3 Å². The number of aryl methyl sites for hydroxylation is 2. The molecule has 0 aliphatic carbocycles. The second kappa shape index (κ2) is 5.67. The van der Waals surface area contributed by atoms with Crippen LogP contribution in [0.1, 0.15) is 29.8 Å². The van der Waals surface area contributed by atoms with Gasteiger partial charge in [0.15, 0.2) is 0 Å². The van der Waals surface area contributed by atoms with Crippen LogP contribution in [0, 0.1) is 13.8 Å². The molecule has 0 saturated carbocycles. The molecule has 0 radical (unpaired) electrons. The molecule has 0 aliphatic heterocycles. The second-order valence-corrected chi connectivity index (χ2v) is 5.61. The molecule has 0 unspecified atom stereocenters. The monoisotopic (exact) mass is 294 g/mol. The molecule has 0 saturated heterocycles. The van der Waals surface area contributed by atoms with E-state index in [0.29, 0.717) is 11.8 Å². The first-order chi connectivity index (χ1) is 10.6. The fourth-order valence-electron chi connectivity index (χ4n) is 2.60. The van der Waals surface area contributed by atoms with Crippen molar-refractivity contribution >= 4 is 10.9 Å². The second-order valence-electron chi connectivity index (χ2n) is 5.61. The van der Waals surface area contributed by atoms with Crippen molar-refractivity contribution in [2.45, 2.75) is 33.2 Å². The van der Waals surface area contributed by atoms with E-state index in [9.17, 15) is 4.79 Å². The molecular formula is C17H18N4O. The van der Waals surface area contributed by atoms with Crippen molar-refractivity contribution in [2.24, 2.45) is 0 Å². The van der Waals surface area contributed by atoms with Gasteiger partial charge in [-0.25, -0.2) is 4.98 Å². The summed E-state index contributed by atoms with van der Waals surface area (Å²) in [6.45, 7) is 6.01. The van der Waals surface area contributed by atoms with E-state index >= 15 is 0 Å². The molecule has 3 rings (SSSR count). The van der Waals surface area contributed by atoms with Gasteiger partial charge in [0.1, 0.15) is 0 Å². The molecule has 2 heterocycles. The third-order valence-corrected chi connectivity index (χ3v) is 4.07. The normalized spacial score (nSPS) is 12.5. The van der Waals surface area contributed by atoms with E-state index in [0.717, 1.165) is 22.3 Å². The Hall–Kier alpha value is -2.56. The summed E-state index contributed by atoms with van der Waals surface area (Å²) in [5.41, 5.74) is 3.84. The molecule has 2 aromatic heterocycles. The Bertz CT molecular complexity index is 871. The maximum Gasteiger partial charge on any atom is 0.261 e.